The average Bonchev–Trinajstić information content (AvgIpc) is 3.47. The highest BCUT2D eigenvalue weighted by molar-refractivity contribution is 5.95. The van der Waals surface area contributed by atoms with Crippen LogP contribution >= 0.6 is 0 Å². The van der Waals surface area contributed by atoms with Crippen LogP contribution in [0, 0.1) is 5.82 Å². The molecular weight excluding hydrogens is 343 g/mol. The molecule has 138 valence electrons. The first-order chi connectivity index (χ1) is 12.5. The van der Waals surface area contributed by atoms with Crippen molar-refractivity contribution >= 4 is 22.6 Å². The zero-order valence-corrected chi connectivity index (χ0v) is 14.1. The van der Waals surface area contributed by atoms with Gasteiger partial charge in [-0.1, -0.05) is 0 Å². The Kier molecular flexibility index (Phi) is 4.16. The minimum absolute atomic E-state index is 0.00430. The van der Waals surface area contributed by atoms with E-state index in [4.69, 9.17) is 4.74 Å². The first-order valence-electron chi connectivity index (χ1n) is 8.60. The van der Waals surface area contributed by atoms with Crippen LogP contribution in [0.2, 0.25) is 0 Å². The molecule has 4 rings (SSSR count). The molecule has 0 atom stereocenters. The van der Waals surface area contributed by atoms with E-state index in [-0.39, 0.29) is 22.7 Å². The Balaban J connectivity index is 2.05. The predicted molar refractivity (Wildman–Crippen MR) is 92.4 cm³/mol. The second-order valence-electron chi connectivity index (χ2n) is 6.65. The van der Waals surface area contributed by atoms with Crippen LogP contribution in [0.15, 0.2) is 17.1 Å². The van der Waals surface area contributed by atoms with Crippen LogP contribution in [-0.4, -0.2) is 47.1 Å². The number of carboxylic acid groups (broad SMARTS) is 1. The lowest BCUT2D eigenvalue weighted by Gasteiger charge is -2.31. The highest BCUT2D eigenvalue weighted by Crippen LogP contribution is 2.40. The molecule has 2 aromatic rings. The number of hydrogen-bond acceptors (Lipinski definition) is 5. The number of morpholine rings is 1. The Morgan fingerprint density at radius 3 is 2.58 bits per heavy atom. The fourth-order valence-electron chi connectivity index (χ4n) is 3.63. The number of aromatic nitrogens is 1. The van der Waals surface area contributed by atoms with Gasteiger partial charge in [0.1, 0.15) is 11.4 Å². The number of benzene rings is 1. The Hall–Kier alpha value is -2.45. The molecule has 1 aromatic heterocycles. The third-order valence-electron chi connectivity index (χ3n) is 5.00. The minimum Gasteiger partial charge on any atom is -0.477 e. The second-order valence-corrected chi connectivity index (χ2v) is 6.65. The van der Waals surface area contributed by atoms with E-state index in [1.54, 1.807) is 9.47 Å². The SMILES string of the molecule is O=C(O)c1cn(C2CC2)c2c(CO)c(N3CCOCC3)c(F)cc2c1=O. The van der Waals surface area contributed by atoms with Gasteiger partial charge in [-0.15, -0.1) is 0 Å². The second kappa shape index (κ2) is 6.37. The highest BCUT2D eigenvalue weighted by Gasteiger charge is 2.30. The van der Waals surface area contributed by atoms with Crippen LogP contribution < -0.4 is 10.3 Å². The fraction of sp³-hybridized carbons (Fsp3) is 0.444. The maximum absolute atomic E-state index is 14.9. The van der Waals surface area contributed by atoms with Crippen molar-refractivity contribution in [1.29, 1.82) is 0 Å². The molecule has 2 fully saturated rings. The molecule has 1 saturated heterocycles. The van der Waals surface area contributed by atoms with E-state index >= 15 is 0 Å². The molecule has 0 radical (unpaired) electrons. The summed E-state index contributed by atoms with van der Waals surface area (Å²) in [6, 6.07) is 1.16. The molecule has 1 aliphatic carbocycles. The molecule has 0 amide bonds. The van der Waals surface area contributed by atoms with Crippen molar-refractivity contribution < 1.29 is 24.1 Å². The fourth-order valence-corrected chi connectivity index (χ4v) is 3.63. The lowest BCUT2D eigenvalue weighted by molar-refractivity contribution is 0.0695. The number of carbonyl (C=O) groups is 1. The average molecular weight is 362 g/mol. The third-order valence-corrected chi connectivity index (χ3v) is 5.00. The Bertz CT molecular complexity index is 945. The molecule has 0 unspecified atom stereocenters. The number of fused-ring (bicyclic) bond motifs is 1. The first kappa shape index (κ1) is 17.0. The number of hydrogen-bond donors (Lipinski definition) is 2. The number of pyridine rings is 1. The van der Waals surface area contributed by atoms with Gasteiger partial charge in [0.25, 0.3) is 0 Å². The number of ether oxygens (including phenoxy) is 1. The zero-order valence-electron chi connectivity index (χ0n) is 14.1. The normalized spacial score (nSPS) is 17.7. The van der Waals surface area contributed by atoms with Gasteiger partial charge in [0.15, 0.2) is 0 Å². The van der Waals surface area contributed by atoms with Gasteiger partial charge in [-0.2, -0.15) is 0 Å². The van der Waals surface area contributed by atoms with Crippen LogP contribution in [0.5, 0.6) is 0 Å². The largest absolute Gasteiger partial charge is 0.477 e. The summed E-state index contributed by atoms with van der Waals surface area (Å²) in [5, 5.41) is 19.3. The number of anilines is 1. The maximum atomic E-state index is 14.9. The summed E-state index contributed by atoms with van der Waals surface area (Å²) < 4.78 is 21.9. The van der Waals surface area contributed by atoms with Gasteiger partial charge in [0, 0.05) is 36.3 Å². The first-order valence-corrected chi connectivity index (χ1v) is 8.60. The number of aromatic carboxylic acids is 1. The molecule has 2 N–H and O–H groups in total. The monoisotopic (exact) mass is 362 g/mol. The van der Waals surface area contributed by atoms with Crippen LogP contribution in [0.1, 0.15) is 34.8 Å². The number of aliphatic hydroxyl groups is 1. The molecule has 8 heteroatoms. The van der Waals surface area contributed by atoms with Crippen molar-refractivity contribution in [3.05, 3.63) is 39.4 Å². The van der Waals surface area contributed by atoms with Gasteiger partial charge in [0.2, 0.25) is 5.43 Å². The summed E-state index contributed by atoms with van der Waals surface area (Å²) in [5.74, 6) is -1.97. The molecule has 1 saturated carbocycles. The summed E-state index contributed by atoms with van der Waals surface area (Å²) in [5.41, 5.74) is -0.103. The van der Waals surface area contributed by atoms with Crippen molar-refractivity contribution in [1.82, 2.24) is 4.57 Å². The van der Waals surface area contributed by atoms with Gasteiger partial charge in [0.05, 0.1) is 31.0 Å². The van der Waals surface area contributed by atoms with Crippen molar-refractivity contribution in [3.8, 4) is 0 Å². The van der Waals surface area contributed by atoms with Gasteiger partial charge in [-0.25, -0.2) is 9.18 Å². The quantitative estimate of drug-likeness (QED) is 0.857. The Morgan fingerprint density at radius 2 is 2.00 bits per heavy atom. The molecule has 7 nitrogen and oxygen atoms in total. The predicted octanol–water partition coefficient (Wildman–Crippen LogP) is 1.50. The summed E-state index contributed by atoms with van der Waals surface area (Å²) >= 11 is 0. The maximum Gasteiger partial charge on any atom is 0.341 e. The number of aliphatic hydroxyl groups excluding tert-OH is 1. The summed E-state index contributed by atoms with van der Waals surface area (Å²) in [6.07, 6.45) is 3.03. The number of nitrogens with zero attached hydrogens (tertiary/aromatic N) is 2. The van der Waals surface area contributed by atoms with Crippen LogP contribution in [0.3, 0.4) is 0 Å². The summed E-state index contributed by atoms with van der Waals surface area (Å²) in [6.45, 7) is 1.43. The summed E-state index contributed by atoms with van der Waals surface area (Å²) in [4.78, 5) is 25.8. The van der Waals surface area contributed by atoms with E-state index in [0.717, 1.165) is 18.9 Å². The Labute approximate surface area is 148 Å². The number of carboxylic acids is 1. The zero-order chi connectivity index (χ0) is 18.4. The van der Waals surface area contributed by atoms with Crippen molar-refractivity contribution in [2.24, 2.45) is 0 Å². The topological polar surface area (TPSA) is 92.0 Å². The van der Waals surface area contributed by atoms with Gasteiger partial charge >= 0.3 is 5.97 Å². The number of rotatable bonds is 4. The minimum atomic E-state index is -1.34. The van der Waals surface area contributed by atoms with E-state index < -0.39 is 23.8 Å². The number of halogens is 1. The highest BCUT2D eigenvalue weighted by atomic mass is 19.1. The lowest BCUT2D eigenvalue weighted by Crippen LogP contribution is -2.37. The van der Waals surface area contributed by atoms with Crippen molar-refractivity contribution in [2.45, 2.75) is 25.5 Å². The van der Waals surface area contributed by atoms with Crippen LogP contribution in [0.4, 0.5) is 10.1 Å². The standard InChI is InChI=1S/C18H19FN2O5/c19-14-7-11-15(13(9-22)16(14)20-3-5-26-6-4-20)21(10-1-2-10)8-12(17(11)23)18(24)25/h7-8,10,22H,1-6,9H2,(H,24,25). The molecule has 2 aliphatic rings. The van der Waals surface area contributed by atoms with Gasteiger partial charge < -0.3 is 24.4 Å². The lowest BCUT2D eigenvalue weighted by atomic mass is 10.0. The molecule has 2 heterocycles. The molecule has 26 heavy (non-hydrogen) atoms. The molecule has 0 spiro atoms. The van der Waals surface area contributed by atoms with Crippen LogP contribution in [-0.2, 0) is 11.3 Å². The molecule has 1 aliphatic heterocycles. The van der Waals surface area contributed by atoms with Crippen LogP contribution in [0.25, 0.3) is 10.9 Å². The van der Waals surface area contributed by atoms with E-state index in [2.05, 4.69) is 0 Å². The Morgan fingerprint density at radius 1 is 1.31 bits per heavy atom. The van der Waals surface area contributed by atoms with Crippen molar-refractivity contribution in [2.75, 3.05) is 31.2 Å². The smallest absolute Gasteiger partial charge is 0.341 e. The van der Waals surface area contributed by atoms with E-state index in [1.807, 2.05) is 0 Å². The van der Waals surface area contributed by atoms with E-state index in [0.29, 0.717) is 37.4 Å². The van der Waals surface area contributed by atoms with E-state index in [1.165, 1.54) is 6.20 Å². The molecule has 1 aromatic carbocycles. The van der Waals surface area contributed by atoms with E-state index in [9.17, 15) is 24.2 Å². The molecule has 0 bridgehead atoms. The summed E-state index contributed by atoms with van der Waals surface area (Å²) in [7, 11) is 0. The van der Waals surface area contributed by atoms with Gasteiger partial charge in [-0.3, -0.25) is 4.79 Å². The van der Waals surface area contributed by atoms with Gasteiger partial charge in [-0.05, 0) is 18.9 Å². The molecular formula is C18H19FN2O5. The third kappa shape index (κ3) is 2.65. The van der Waals surface area contributed by atoms with Crippen molar-refractivity contribution in [3.63, 3.8) is 0 Å².